The summed E-state index contributed by atoms with van der Waals surface area (Å²) in [5.74, 6) is -0.278. The highest BCUT2D eigenvalue weighted by molar-refractivity contribution is 5.56. The summed E-state index contributed by atoms with van der Waals surface area (Å²) in [6.07, 6.45) is 3.19. The third kappa shape index (κ3) is 3.12. The molecule has 4 N–H and O–H groups in total. The van der Waals surface area contributed by atoms with Gasteiger partial charge in [-0.2, -0.15) is 0 Å². The Morgan fingerprint density at radius 2 is 2.40 bits per heavy atom. The number of H-pyrrole nitrogens is 1. The molecule has 0 spiro atoms. The first kappa shape index (κ1) is 11.3. The summed E-state index contributed by atoms with van der Waals surface area (Å²) in [5, 5.41) is 19.9. The van der Waals surface area contributed by atoms with E-state index in [-0.39, 0.29) is 0 Å². The Kier molecular flexibility index (Phi) is 3.90. The van der Waals surface area contributed by atoms with E-state index in [0.717, 1.165) is 0 Å². The van der Waals surface area contributed by atoms with Crippen LogP contribution in [0, 0.1) is 0 Å². The molecular weight excluding hydrogens is 200 g/mol. The normalized spacial score (nSPS) is 12.9. The molecule has 0 radical (unpaired) electrons. The zero-order valence-corrected chi connectivity index (χ0v) is 7.93. The van der Waals surface area contributed by atoms with Gasteiger partial charge in [0.2, 0.25) is 0 Å². The SMILES string of the molecule is C=Cc1[nH]c(=O)oc1/C=C/NC(O)CO. The fourth-order valence-electron chi connectivity index (χ4n) is 0.915. The third-order valence-electron chi connectivity index (χ3n) is 1.61. The van der Waals surface area contributed by atoms with Crippen LogP contribution in [-0.2, 0) is 0 Å². The Balaban J connectivity index is 2.71. The van der Waals surface area contributed by atoms with Gasteiger partial charge in [-0.15, -0.1) is 0 Å². The fourth-order valence-corrected chi connectivity index (χ4v) is 0.915. The summed E-state index contributed by atoms with van der Waals surface area (Å²) >= 11 is 0. The Bertz CT molecular complexity index is 404. The molecule has 6 nitrogen and oxygen atoms in total. The number of aliphatic hydroxyl groups is 2. The van der Waals surface area contributed by atoms with E-state index in [9.17, 15) is 4.79 Å². The summed E-state index contributed by atoms with van der Waals surface area (Å²) in [6.45, 7) is 3.08. The maximum atomic E-state index is 10.8. The summed E-state index contributed by atoms with van der Waals surface area (Å²) < 4.78 is 4.77. The lowest BCUT2D eigenvalue weighted by atomic mass is 10.3. The molecule has 0 amide bonds. The predicted molar refractivity (Wildman–Crippen MR) is 54.7 cm³/mol. The number of hydrogen-bond donors (Lipinski definition) is 4. The van der Waals surface area contributed by atoms with Crippen molar-refractivity contribution in [2.24, 2.45) is 0 Å². The highest BCUT2D eigenvalue weighted by Gasteiger charge is 2.02. The molecule has 0 saturated heterocycles. The van der Waals surface area contributed by atoms with Crippen molar-refractivity contribution >= 4 is 12.2 Å². The van der Waals surface area contributed by atoms with Crippen molar-refractivity contribution < 1.29 is 14.6 Å². The molecule has 1 heterocycles. The van der Waals surface area contributed by atoms with Crippen LogP contribution in [-0.4, -0.2) is 28.0 Å². The number of aromatic nitrogens is 1. The minimum Gasteiger partial charge on any atom is -0.408 e. The lowest BCUT2D eigenvalue weighted by molar-refractivity contribution is 0.0795. The summed E-state index contributed by atoms with van der Waals surface area (Å²) in [5.41, 5.74) is 0.455. The average Bonchev–Trinajstić information content (AvgIpc) is 2.58. The molecule has 1 rings (SSSR count). The van der Waals surface area contributed by atoms with Crippen molar-refractivity contribution in [1.29, 1.82) is 0 Å². The number of oxazole rings is 1. The first-order chi connectivity index (χ1) is 7.17. The van der Waals surface area contributed by atoms with Crippen molar-refractivity contribution in [2.75, 3.05) is 6.61 Å². The molecule has 0 aromatic carbocycles. The standard InChI is InChI=1S/C9H12N2O4/c1-2-6-7(15-9(14)11-6)3-4-10-8(13)5-12/h2-4,8,10,12-13H,1,5H2,(H,11,14)/b4-3+. The van der Waals surface area contributed by atoms with E-state index in [1.807, 2.05) is 0 Å². The highest BCUT2D eigenvalue weighted by Crippen LogP contribution is 2.06. The first-order valence-electron chi connectivity index (χ1n) is 4.24. The van der Waals surface area contributed by atoms with Gasteiger partial charge in [0.25, 0.3) is 0 Å². The molecule has 0 fully saturated rings. The van der Waals surface area contributed by atoms with Crippen LogP contribution < -0.4 is 11.1 Å². The van der Waals surface area contributed by atoms with Gasteiger partial charge in [0.1, 0.15) is 6.23 Å². The second-order valence-electron chi connectivity index (χ2n) is 2.69. The zero-order valence-electron chi connectivity index (χ0n) is 7.93. The molecule has 0 bridgehead atoms. The Morgan fingerprint density at radius 3 is 3.00 bits per heavy atom. The molecule has 15 heavy (non-hydrogen) atoms. The van der Waals surface area contributed by atoms with Gasteiger partial charge >= 0.3 is 5.76 Å². The average molecular weight is 212 g/mol. The molecule has 0 saturated carbocycles. The quantitative estimate of drug-likeness (QED) is 0.492. The molecular formula is C9H12N2O4. The predicted octanol–water partition coefficient (Wildman–Crippen LogP) is -0.518. The second kappa shape index (κ2) is 5.18. The van der Waals surface area contributed by atoms with E-state index in [1.165, 1.54) is 18.4 Å². The fraction of sp³-hybridized carbons (Fsp3) is 0.222. The van der Waals surface area contributed by atoms with Gasteiger partial charge in [0.05, 0.1) is 12.3 Å². The van der Waals surface area contributed by atoms with Crippen LogP contribution in [0.3, 0.4) is 0 Å². The summed E-state index contributed by atoms with van der Waals surface area (Å²) in [6, 6.07) is 0. The van der Waals surface area contributed by atoms with Gasteiger partial charge in [0.15, 0.2) is 5.76 Å². The van der Waals surface area contributed by atoms with Crippen molar-refractivity contribution in [3.8, 4) is 0 Å². The molecule has 0 aliphatic carbocycles. The van der Waals surface area contributed by atoms with Gasteiger partial charge in [0, 0.05) is 6.20 Å². The van der Waals surface area contributed by atoms with Crippen molar-refractivity contribution in [1.82, 2.24) is 10.3 Å². The number of rotatable bonds is 5. The number of aromatic amines is 1. The van der Waals surface area contributed by atoms with Crippen LogP contribution in [0.15, 0.2) is 22.0 Å². The van der Waals surface area contributed by atoms with E-state index in [4.69, 9.17) is 14.6 Å². The molecule has 6 heteroatoms. The molecule has 1 aromatic rings. The van der Waals surface area contributed by atoms with Crippen LogP contribution in [0.25, 0.3) is 12.2 Å². The summed E-state index contributed by atoms with van der Waals surface area (Å²) in [7, 11) is 0. The minimum absolute atomic E-state index is 0.299. The van der Waals surface area contributed by atoms with Crippen LogP contribution in [0.2, 0.25) is 0 Å². The molecule has 0 aliphatic rings. The monoisotopic (exact) mass is 212 g/mol. The molecule has 1 unspecified atom stereocenters. The highest BCUT2D eigenvalue weighted by atomic mass is 16.4. The number of aliphatic hydroxyl groups excluding tert-OH is 2. The number of nitrogens with one attached hydrogen (secondary N) is 2. The maximum absolute atomic E-state index is 10.8. The smallest absolute Gasteiger partial charge is 0.408 e. The lowest BCUT2D eigenvalue weighted by Gasteiger charge is -2.04. The Morgan fingerprint density at radius 1 is 1.67 bits per heavy atom. The van der Waals surface area contributed by atoms with Crippen molar-refractivity contribution in [3.63, 3.8) is 0 Å². The molecule has 0 aliphatic heterocycles. The summed E-state index contributed by atoms with van der Waals surface area (Å²) in [4.78, 5) is 13.2. The molecule has 1 atom stereocenters. The topological polar surface area (TPSA) is 98.5 Å². The molecule has 1 aromatic heterocycles. The van der Waals surface area contributed by atoms with E-state index in [2.05, 4.69) is 16.9 Å². The first-order valence-corrected chi connectivity index (χ1v) is 4.24. The van der Waals surface area contributed by atoms with E-state index >= 15 is 0 Å². The van der Waals surface area contributed by atoms with Crippen LogP contribution in [0.1, 0.15) is 11.5 Å². The maximum Gasteiger partial charge on any atom is 0.417 e. The Labute approximate surface area is 85.6 Å². The van der Waals surface area contributed by atoms with Crippen molar-refractivity contribution in [3.05, 3.63) is 34.8 Å². The second-order valence-corrected chi connectivity index (χ2v) is 2.69. The molecule has 82 valence electrons. The Hall–Kier alpha value is -1.79. The largest absolute Gasteiger partial charge is 0.417 e. The van der Waals surface area contributed by atoms with E-state index in [1.54, 1.807) is 0 Å². The number of hydrogen-bond acceptors (Lipinski definition) is 5. The van der Waals surface area contributed by atoms with Gasteiger partial charge in [-0.25, -0.2) is 4.79 Å². The van der Waals surface area contributed by atoms with Gasteiger partial charge in [-0.05, 0) is 12.2 Å². The third-order valence-corrected chi connectivity index (χ3v) is 1.61. The van der Waals surface area contributed by atoms with Crippen LogP contribution in [0.4, 0.5) is 0 Å². The van der Waals surface area contributed by atoms with Gasteiger partial charge in [-0.1, -0.05) is 6.58 Å². The van der Waals surface area contributed by atoms with Gasteiger partial charge < -0.3 is 19.9 Å². The van der Waals surface area contributed by atoms with Gasteiger partial charge in [-0.3, -0.25) is 4.98 Å². The zero-order chi connectivity index (χ0) is 11.3. The van der Waals surface area contributed by atoms with Crippen LogP contribution in [0.5, 0.6) is 0 Å². The van der Waals surface area contributed by atoms with Crippen LogP contribution >= 0.6 is 0 Å². The van der Waals surface area contributed by atoms with E-state index < -0.39 is 18.6 Å². The van der Waals surface area contributed by atoms with E-state index in [0.29, 0.717) is 11.5 Å². The lowest BCUT2D eigenvalue weighted by Crippen LogP contribution is -2.27. The minimum atomic E-state index is -1.04. The van der Waals surface area contributed by atoms with Crippen molar-refractivity contribution in [2.45, 2.75) is 6.23 Å².